The van der Waals surface area contributed by atoms with Crippen LogP contribution in [0, 0.1) is 6.92 Å². The molecular weight excluding hydrogens is 286 g/mol. The van der Waals surface area contributed by atoms with Crippen LogP contribution in [0.15, 0.2) is 36.5 Å². The number of aryl methyl sites for hydroxylation is 1. The number of benzene rings is 1. The van der Waals surface area contributed by atoms with E-state index >= 15 is 0 Å². The first-order valence-electron chi connectivity index (χ1n) is 6.27. The highest BCUT2D eigenvalue weighted by molar-refractivity contribution is 7.22. The average Bonchev–Trinajstić information content (AvgIpc) is 2.88. The molecule has 4 N–H and O–H groups in total. The Bertz CT molecular complexity index is 797. The lowest BCUT2D eigenvalue weighted by molar-refractivity contribution is 0.102. The molecule has 0 fully saturated rings. The predicted molar refractivity (Wildman–Crippen MR) is 84.4 cm³/mol. The van der Waals surface area contributed by atoms with Crippen molar-refractivity contribution < 1.29 is 4.79 Å². The van der Waals surface area contributed by atoms with Gasteiger partial charge in [-0.2, -0.15) is 0 Å². The van der Waals surface area contributed by atoms with Gasteiger partial charge in [-0.05, 0) is 36.8 Å². The molecule has 0 aliphatic rings. The van der Waals surface area contributed by atoms with Crippen LogP contribution in [0.5, 0.6) is 0 Å². The minimum Gasteiger partial charge on any atom is -0.323 e. The Morgan fingerprint density at radius 1 is 1.29 bits per heavy atom. The van der Waals surface area contributed by atoms with Crippen LogP contribution >= 0.6 is 11.3 Å². The van der Waals surface area contributed by atoms with Gasteiger partial charge in [-0.1, -0.05) is 17.4 Å². The molecule has 2 aromatic heterocycles. The van der Waals surface area contributed by atoms with Gasteiger partial charge in [0.1, 0.15) is 5.69 Å². The Morgan fingerprint density at radius 2 is 2.14 bits per heavy atom. The van der Waals surface area contributed by atoms with Crippen molar-refractivity contribution in [2.75, 3.05) is 10.7 Å². The van der Waals surface area contributed by atoms with E-state index in [1.165, 1.54) is 17.5 Å². The number of carbonyl (C=O) groups is 1. The number of hydrogen-bond donors (Lipinski definition) is 3. The summed E-state index contributed by atoms with van der Waals surface area (Å²) in [5, 5.41) is 3.32. The molecule has 1 amide bonds. The summed E-state index contributed by atoms with van der Waals surface area (Å²) in [6.07, 6.45) is 1.50. The number of thiazole rings is 1. The Kier molecular flexibility index (Phi) is 3.51. The van der Waals surface area contributed by atoms with Crippen molar-refractivity contribution in [1.29, 1.82) is 0 Å². The number of carbonyl (C=O) groups excluding carboxylic acids is 1. The molecule has 3 rings (SSSR count). The van der Waals surface area contributed by atoms with E-state index in [-0.39, 0.29) is 5.91 Å². The molecule has 0 atom stereocenters. The maximum absolute atomic E-state index is 12.1. The largest absolute Gasteiger partial charge is 0.323 e. The number of amides is 1. The third-order valence-electron chi connectivity index (χ3n) is 2.93. The molecule has 106 valence electrons. The standard InChI is InChI=1S/C14H13N5OS/c1-8-2-4-10-12(6-8)21-14(17-10)18-13(20)11-5-3-9(19-15)7-16-11/h2-7,19H,15H2,1H3,(H,17,18,20). The van der Waals surface area contributed by atoms with E-state index in [2.05, 4.69) is 20.7 Å². The fourth-order valence-corrected chi connectivity index (χ4v) is 2.82. The number of hydrogen-bond acceptors (Lipinski definition) is 6. The third-order valence-corrected chi connectivity index (χ3v) is 3.86. The number of hydrazine groups is 1. The van der Waals surface area contributed by atoms with Crippen molar-refractivity contribution in [3.8, 4) is 0 Å². The van der Waals surface area contributed by atoms with Gasteiger partial charge in [-0.25, -0.2) is 9.97 Å². The van der Waals surface area contributed by atoms with Crippen molar-refractivity contribution >= 4 is 38.3 Å². The monoisotopic (exact) mass is 299 g/mol. The Balaban J connectivity index is 1.81. The molecule has 0 aliphatic carbocycles. The number of nitrogens with zero attached hydrogens (tertiary/aromatic N) is 2. The molecule has 0 saturated heterocycles. The van der Waals surface area contributed by atoms with E-state index < -0.39 is 0 Å². The third kappa shape index (κ3) is 2.83. The van der Waals surface area contributed by atoms with E-state index in [4.69, 9.17) is 5.84 Å². The van der Waals surface area contributed by atoms with Gasteiger partial charge in [0.2, 0.25) is 0 Å². The van der Waals surface area contributed by atoms with Crippen LogP contribution in [0.4, 0.5) is 10.8 Å². The normalized spacial score (nSPS) is 10.6. The summed E-state index contributed by atoms with van der Waals surface area (Å²) in [7, 11) is 0. The second-order valence-electron chi connectivity index (χ2n) is 4.52. The number of nitrogens with one attached hydrogen (secondary N) is 2. The number of anilines is 2. The van der Waals surface area contributed by atoms with Crippen LogP contribution in [0.25, 0.3) is 10.2 Å². The maximum atomic E-state index is 12.1. The average molecular weight is 299 g/mol. The van der Waals surface area contributed by atoms with Crippen molar-refractivity contribution in [1.82, 2.24) is 9.97 Å². The second kappa shape index (κ2) is 5.47. The summed E-state index contributed by atoms with van der Waals surface area (Å²) >= 11 is 1.44. The van der Waals surface area contributed by atoms with Crippen LogP contribution in [0.1, 0.15) is 16.1 Å². The first-order valence-corrected chi connectivity index (χ1v) is 7.08. The zero-order chi connectivity index (χ0) is 14.8. The fourth-order valence-electron chi connectivity index (χ4n) is 1.86. The number of pyridine rings is 1. The van der Waals surface area contributed by atoms with Gasteiger partial charge in [0.05, 0.1) is 22.1 Å². The molecule has 3 aromatic rings. The van der Waals surface area contributed by atoms with Gasteiger partial charge in [0, 0.05) is 0 Å². The van der Waals surface area contributed by atoms with E-state index in [0.717, 1.165) is 15.8 Å². The minimum atomic E-state index is -0.297. The Hall–Kier alpha value is -2.51. The van der Waals surface area contributed by atoms with Crippen molar-refractivity contribution in [2.45, 2.75) is 6.92 Å². The highest BCUT2D eigenvalue weighted by Crippen LogP contribution is 2.26. The van der Waals surface area contributed by atoms with Crippen molar-refractivity contribution in [2.24, 2.45) is 5.84 Å². The van der Waals surface area contributed by atoms with Crippen LogP contribution < -0.4 is 16.6 Å². The van der Waals surface area contributed by atoms with Gasteiger partial charge in [0.15, 0.2) is 5.13 Å². The summed E-state index contributed by atoms with van der Waals surface area (Å²) < 4.78 is 1.04. The van der Waals surface area contributed by atoms with Crippen LogP contribution in [-0.4, -0.2) is 15.9 Å². The molecule has 0 aliphatic heterocycles. The fraction of sp³-hybridized carbons (Fsp3) is 0.0714. The molecule has 2 heterocycles. The Labute approximate surface area is 125 Å². The summed E-state index contributed by atoms with van der Waals surface area (Å²) in [6, 6.07) is 9.26. The van der Waals surface area contributed by atoms with Crippen molar-refractivity contribution in [3.05, 3.63) is 47.8 Å². The zero-order valence-corrected chi connectivity index (χ0v) is 12.1. The van der Waals surface area contributed by atoms with E-state index in [9.17, 15) is 4.79 Å². The summed E-state index contributed by atoms with van der Waals surface area (Å²) in [5.41, 5.74) is 5.45. The molecule has 0 bridgehead atoms. The number of rotatable bonds is 3. The van der Waals surface area contributed by atoms with E-state index in [1.54, 1.807) is 12.1 Å². The lowest BCUT2D eigenvalue weighted by atomic mass is 10.2. The quantitative estimate of drug-likeness (QED) is 0.510. The topological polar surface area (TPSA) is 92.9 Å². The number of aromatic nitrogens is 2. The lowest BCUT2D eigenvalue weighted by Crippen LogP contribution is -2.14. The van der Waals surface area contributed by atoms with Crippen LogP contribution in [0.2, 0.25) is 0 Å². The lowest BCUT2D eigenvalue weighted by Gasteiger charge is -2.02. The molecule has 21 heavy (non-hydrogen) atoms. The summed E-state index contributed by atoms with van der Waals surface area (Å²) in [4.78, 5) is 20.5. The smallest absolute Gasteiger partial charge is 0.276 e. The highest BCUT2D eigenvalue weighted by atomic mass is 32.1. The molecule has 0 unspecified atom stereocenters. The maximum Gasteiger partial charge on any atom is 0.276 e. The minimum absolute atomic E-state index is 0.297. The van der Waals surface area contributed by atoms with Gasteiger partial charge in [-0.3, -0.25) is 16.0 Å². The van der Waals surface area contributed by atoms with E-state index in [1.807, 2.05) is 25.1 Å². The zero-order valence-electron chi connectivity index (χ0n) is 11.3. The van der Waals surface area contributed by atoms with Gasteiger partial charge >= 0.3 is 0 Å². The van der Waals surface area contributed by atoms with E-state index in [0.29, 0.717) is 16.5 Å². The van der Waals surface area contributed by atoms with Gasteiger partial charge < -0.3 is 5.43 Å². The summed E-state index contributed by atoms with van der Waals surface area (Å²) in [5.74, 6) is 4.96. The molecule has 0 saturated carbocycles. The number of nitrogens with two attached hydrogens (primary N) is 1. The molecule has 7 heteroatoms. The molecular formula is C14H13N5OS. The molecule has 0 spiro atoms. The van der Waals surface area contributed by atoms with Crippen LogP contribution in [0.3, 0.4) is 0 Å². The number of nitrogen functional groups attached to an aromatic ring is 1. The summed E-state index contributed by atoms with van der Waals surface area (Å²) in [6.45, 7) is 2.02. The SMILES string of the molecule is Cc1ccc2nc(NC(=O)c3ccc(NN)cn3)sc2c1. The second-order valence-corrected chi connectivity index (χ2v) is 5.55. The van der Waals surface area contributed by atoms with Crippen LogP contribution in [-0.2, 0) is 0 Å². The predicted octanol–water partition coefficient (Wildman–Crippen LogP) is 2.54. The van der Waals surface area contributed by atoms with Gasteiger partial charge in [0.25, 0.3) is 5.91 Å². The van der Waals surface area contributed by atoms with Crippen molar-refractivity contribution in [3.63, 3.8) is 0 Å². The highest BCUT2D eigenvalue weighted by Gasteiger charge is 2.11. The first-order chi connectivity index (χ1) is 10.2. The Morgan fingerprint density at radius 3 is 2.86 bits per heavy atom. The molecule has 1 aromatic carbocycles. The first kappa shape index (κ1) is 13.5. The van der Waals surface area contributed by atoms with Gasteiger partial charge in [-0.15, -0.1) is 0 Å². The molecule has 0 radical (unpaired) electrons. The molecule has 6 nitrogen and oxygen atoms in total. The number of fused-ring (bicyclic) bond motifs is 1.